The number of hydrogen-bond acceptors (Lipinski definition) is 3. The SMILES string of the molecule is CC(C)[Si](Oc1c(C2CCCCC2)cc2cccc(Br)c2c1/C=N/O)(C(C)C)C(C)C. The fraction of sp³-hybridized carbons (Fsp3) is 0.577. The Morgan fingerprint density at radius 3 is 2.19 bits per heavy atom. The number of nitrogens with zero attached hydrogens (tertiary/aromatic N) is 1. The highest BCUT2D eigenvalue weighted by atomic mass is 79.9. The van der Waals surface area contributed by atoms with Crippen LogP contribution in [0.4, 0.5) is 0 Å². The van der Waals surface area contributed by atoms with Crippen LogP contribution in [0.1, 0.15) is 90.7 Å². The minimum atomic E-state index is -2.19. The van der Waals surface area contributed by atoms with Crippen LogP contribution in [0.2, 0.25) is 16.6 Å². The molecule has 0 amide bonds. The normalized spacial score (nSPS) is 16.3. The Morgan fingerprint density at radius 1 is 1.03 bits per heavy atom. The van der Waals surface area contributed by atoms with Crippen LogP contribution in [-0.4, -0.2) is 19.7 Å². The second-order valence-electron chi connectivity index (χ2n) is 10.0. The van der Waals surface area contributed by atoms with E-state index in [4.69, 9.17) is 4.43 Å². The van der Waals surface area contributed by atoms with Crippen molar-refractivity contribution in [3.8, 4) is 5.75 Å². The molecular weight excluding hydrogens is 466 g/mol. The number of oxime groups is 1. The van der Waals surface area contributed by atoms with Gasteiger partial charge in [0.05, 0.1) is 6.21 Å². The second-order valence-corrected chi connectivity index (χ2v) is 16.3. The lowest BCUT2D eigenvalue weighted by molar-refractivity contribution is 0.321. The average molecular weight is 505 g/mol. The van der Waals surface area contributed by atoms with Crippen molar-refractivity contribution in [2.75, 3.05) is 0 Å². The molecule has 5 heteroatoms. The van der Waals surface area contributed by atoms with E-state index in [0.717, 1.165) is 21.2 Å². The summed E-state index contributed by atoms with van der Waals surface area (Å²) in [5.74, 6) is 1.46. The van der Waals surface area contributed by atoms with Crippen molar-refractivity contribution in [1.82, 2.24) is 0 Å². The van der Waals surface area contributed by atoms with Crippen LogP contribution in [0.5, 0.6) is 5.75 Å². The van der Waals surface area contributed by atoms with Gasteiger partial charge in [-0.1, -0.05) is 94.0 Å². The summed E-state index contributed by atoms with van der Waals surface area (Å²) >= 11 is 3.75. The van der Waals surface area contributed by atoms with Gasteiger partial charge < -0.3 is 9.63 Å². The molecule has 1 aliphatic rings. The molecule has 0 atom stereocenters. The van der Waals surface area contributed by atoms with Gasteiger partial charge in [0.25, 0.3) is 8.32 Å². The fourth-order valence-corrected chi connectivity index (χ4v) is 11.9. The molecule has 0 saturated heterocycles. The smallest absolute Gasteiger partial charge is 0.258 e. The van der Waals surface area contributed by atoms with Gasteiger partial charge in [0.15, 0.2) is 0 Å². The van der Waals surface area contributed by atoms with Crippen molar-refractivity contribution in [2.45, 2.75) is 96.2 Å². The Balaban J connectivity index is 2.35. The van der Waals surface area contributed by atoms with Gasteiger partial charge in [0.1, 0.15) is 5.75 Å². The quantitative estimate of drug-likeness (QED) is 0.177. The van der Waals surface area contributed by atoms with Crippen molar-refractivity contribution >= 4 is 41.2 Å². The molecule has 170 valence electrons. The van der Waals surface area contributed by atoms with E-state index in [2.05, 4.69) is 86.9 Å². The maximum Gasteiger partial charge on any atom is 0.258 e. The first-order chi connectivity index (χ1) is 14.7. The predicted molar refractivity (Wildman–Crippen MR) is 139 cm³/mol. The van der Waals surface area contributed by atoms with Crippen LogP contribution in [-0.2, 0) is 0 Å². The first-order valence-corrected chi connectivity index (χ1v) is 14.8. The standard InChI is InChI=1S/C26H38BrNO2Si/c1-17(2)31(18(3)4,19(5)6)30-26-22(20-11-8-7-9-12-20)15-21-13-10-14-24(27)25(21)23(26)16-28-29/h10,13-20,29H,7-9,11-12H2,1-6H3/b28-16+. The summed E-state index contributed by atoms with van der Waals surface area (Å²) in [6, 6.07) is 8.63. The Labute approximate surface area is 197 Å². The summed E-state index contributed by atoms with van der Waals surface area (Å²) in [5.41, 5.74) is 3.63. The number of benzene rings is 2. The molecule has 1 N–H and O–H groups in total. The molecule has 1 aliphatic carbocycles. The largest absolute Gasteiger partial charge is 0.542 e. The van der Waals surface area contributed by atoms with Crippen molar-refractivity contribution < 1.29 is 9.63 Å². The Kier molecular flexibility index (Phi) is 7.90. The van der Waals surface area contributed by atoms with E-state index >= 15 is 0 Å². The number of halogens is 1. The minimum Gasteiger partial charge on any atom is -0.542 e. The molecule has 31 heavy (non-hydrogen) atoms. The molecular formula is C26H38BrNO2Si. The monoisotopic (exact) mass is 503 g/mol. The van der Waals surface area contributed by atoms with Crippen molar-refractivity contribution in [3.05, 3.63) is 39.9 Å². The highest BCUT2D eigenvalue weighted by Gasteiger charge is 2.48. The second kappa shape index (κ2) is 10.1. The van der Waals surface area contributed by atoms with Crippen LogP contribution in [0.3, 0.4) is 0 Å². The summed E-state index contributed by atoms with van der Waals surface area (Å²) < 4.78 is 8.34. The topological polar surface area (TPSA) is 41.8 Å². The van der Waals surface area contributed by atoms with E-state index < -0.39 is 8.32 Å². The van der Waals surface area contributed by atoms with Crippen LogP contribution < -0.4 is 4.43 Å². The first kappa shape index (κ1) is 24.3. The molecule has 2 aromatic carbocycles. The van der Waals surface area contributed by atoms with Crippen molar-refractivity contribution in [1.29, 1.82) is 0 Å². The van der Waals surface area contributed by atoms with E-state index in [1.165, 1.54) is 43.1 Å². The molecule has 3 rings (SSSR count). The third-order valence-corrected chi connectivity index (χ3v) is 14.0. The van der Waals surface area contributed by atoms with Gasteiger partial charge >= 0.3 is 0 Å². The number of hydrogen-bond donors (Lipinski definition) is 1. The highest BCUT2D eigenvalue weighted by Crippen LogP contribution is 2.48. The maximum atomic E-state index is 9.63. The fourth-order valence-electron chi connectivity index (χ4n) is 5.99. The van der Waals surface area contributed by atoms with Crippen LogP contribution in [0.15, 0.2) is 33.9 Å². The summed E-state index contributed by atoms with van der Waals surface area (Å²) in [5, 5.41) is 15.4. The molecule has 0 heterocycles. The summed E-state index contributed by atoms with van der Waals surface area (Å²) in [6.07, 6.45) is 7.85. The van der Waals surface area contributed by atoms with E-state index in [0.29, 0.717) is 22.5 Å². The van der Waals surface area contributed by atoms with Crippen molar-refractivity contribution in [2.24, 2.45) is 5.16 Å². The Hall–Kier alpha value is -1.33. The highest BCUT2D eigenvalue weighted by molar-refractivity contribution is 9.10. The van der Waals surface area contributed by atoms with E-state index in [9.17, 15) is 5.21 Å². The molecule has 2 aromatic rings. The molecule has 0 aliphatic heterocycles. The summed E-state index contributed by atoms with van der Waals surface area (Å²) in [6.45, 7) is 13.9. The summed E-state index contributed by atoms with van der Waals surface area (Å²) in [7, 11) is -2.19. The van der Waals surface area contributed by atoms with E-state index in [1.807, 2.05) is 0 Å². The van der Waals surface area contributed by atoms with Crippen LogP contribution in [0.25, 0.3) is 10.8 Å². The summed E-state index contributed by atoms with van der Waals surface area (Å²) in [4.78, 5) is 0. The minimum absolute atomic E-state index is 0.473. The molecule has 0 bridgehead atoms. The van der Waals surface area contributed by atoms with Gasteiger partial charge in [-0.05, 0) is 58.5 Å². The molecule has 1 fully saturated rings. The van der Waals surface area contributed by atoms with Crippen LogP contribution >= 0.6 is 15.9 Å². The molecule has 0 spiro atoms. The Bertz CT molecular complexity index is 911. The lowest BCUT2D eigenvalue weighted by Gasteiger charge is -2.43. The van der Waals surface area contributed by atoms with Gasteiger partial charge in [0.2, 0.25) is 0 Å². The van der Waals surface area contributed by atoms with Gasteiger partial charge in [-0.3, -0.25) is 0 Å². The third kappa shape index (κ3) is 4.59. The first-order valence-electron chi connectivity index (χ1n) is 11.9. The molecule has 3 nitrogen and oxygen atoms in total. The molecule has 0 unspecified atom stereocenters. The van der Waals surface area contributed by atoms with Crippen LogP contribution in [0, 0.1) is 0 Å². The van der Waals surface area contributed by atoms with Crippen molar-refractivity contribution in [3.63, 3.8) is 0 Å². The average Bonchev–Trinajstić information content (AvgIpc) is 2.72. The molecule has 1 saturated carbocycles. The number of fused-ring (bicyclic) bond motifs is 1. The number of rotatable bonds is 7. The zero-order valence-electron chi connectivity index (χ0n) is 19.9. The van der Waals surface area contributed by atoms with Gasteiger partial charge in [-0.15, -0.1) is 0 Å². The maximum absolute atomic E-state index is 9.63. The zero-order chi connectivity index (χ0) is 22.8. The van der Waals surface area contributed by atoms with Gasteiger partial charge in [0, 0.05) is 15.4 Å². The Morgan fingerprint density at radius 2 is 1.65 bits per heavy atom. The van der Waals surface area contributed by atoms with Gasteiger partial charge in [-0.2, -0.15) is 0 Å². The molecule has 0 aromatic heterocycles. The van der Waals surface area contributed by atoms with Gasteiger partial charge in [-0.25, -0.2) is 0 Å². The lowest BCUT2D eigenvalue weighted by atomic mass is 9.82. The molecule has 0 radical (unpaired) electrons. The zero-order valence-corrected chi connectivity index (χ0v) is 22.5. The lowest BCUT2D eigenvalue weighted by Crippen LogP contribution is -2.51. The predicted octanol–water partition coefficient (Wildman–Crippen LogP) is 9.01. The third-order valence-electron chi connectivity index (χ3n) is 7.35. The van der Waals surface area contributed by atoms with E-state index in [-0.39, 0.29) is 0 Å². The van der Waals surface area contributed by atoms with E-state index in [1.54, 1.807) is 6.21 Å².